The standard InChI is InChI=1S/C23H31N5O/c29-23(26-13-18-27-14-3-1-2-4-15-27)20-9-7-19(8-10-20)21-22(25-12-11-24-21)28-16-5-6-17-28/h7-12H,1-6,13-18H2,(H,26,29). The molecule has 2 aliphatic heterocycles. The molecule has 1 aromatic carbocycles. The van der Waals surface area contributed by atoms with Gasteiger partial charge in [0.2, 0.25) is 0 Å². The third kappa shape index (κ3) is 5.12. The number of likely N-dealkylation sites (tertiary alicyclic amines) is 1. The van der Waals surface area contributed by atoms with Crippen molar-refractivity contribution in [1.82, 2.24) is 20.2 Å². The van der Waals surface area contributed by atoms with Crippen molar-refractivity contribution in [1.29, 1.82) is 0 Å². The molecule has 0 aliphatic carbocycles. The molecule has 3 heterocycles. The van der Waals surface area contributed by atoms with E-state index in [1.54, 1.807) is 12.4 Å². The maximum atomic E-state index is 12.5. The van der Waals surface area contributed by atoms with E-state index in [9.17, 15) is 4.79 Å². The molecule has 0 spiro atoms. The van der Waals surface area contributed by atoms with Gasteiger partial charge in [-0.15, -0.1) is 0 Å². The fourth-order valence-corrected chi connectivity index (χ4v) is 4.26. The molecule has 154 valence electrons. The molecule has 0 radical (unpaired) electrons. The Morgan fingerprint density at radius 2 is 1.52 bits per heavy atom. The highest BCUT2D eigenvalue weighted by molar-refractivity contribution is 5.94. The van der Waals surface area contributed by atoms with Crippen LogP contribution in [0.5, 0.6) is 0 Å². The number of hydrogen-bond acceptors (Lipinski definition) is 5. The van der Waals surface area contributed by atoms with E-state index in [2.05, 4.69) is 25.1 Å². The number of anilines is 1. The van der Waals surface area contributed by atoms with Gasteiger partial charge in [0.15, 0.2) is 5.82 Å². The quantitative estimate of drug-likeness (QED) is 0.816. The Bertz CT molecular complexity index is 793. The van der Waals surface area contributed by atoms with Crippen LogP contribution in [0.1, 0.15) is 48.9 Å². The van der Waals surface area contributed by atoms with Crippen LogP contribution in [0.25, 0.3) is 11.3 Å². The Morgan fingerprint density at radius 1 is 0.862 bits per heavy atom. The fourth-order valence-electron chi connectivity index (χ4n) is 4.26. The first kappa shape index (κ1) is 19.8. The zero-order valence-electron chi connectivity index (χ0n) is 17.1. The first-order valence-electron chi connectivity index (χ1n) is 11.0. The first-order chi connectivity index (χ1) is 14.3. The van der Waals surface area contributed by atoms with Gasteiger partial charge in [0, 0.05) is 49.7 Å². The number of nitrogens with zero attached hydrogens (tertiary/aromatic N) is 4. The van der Waals surface area contributed by atoms with E-state index in [1.807, 2.05) is 24.3 Å². The summed E-state index contributed by atoms with van der Waals surface area (Å²) >= 11 is 0. The van der Waals surface area contributed by atoms with Gasteiger partial charge in [-0.1, -0.05) is 25.0 Å². The Kier molecular flexibility index (Phi) is 6.72. The molecule has 0 bridgehead atoms. The summed E-state index contributed by atoms with van der Waals surface area (Å²) in [4.78, 5) is 26.4. The molecule has 4 rings (SSSR count). The van der Waals surface area contributed by atoms with E-state index in [0.717, 1.165) is 49.8 Å². The number of carbonyl (C=O) groups is 1. The van der Waals surface area contributed by atoms with Gasteiger partial charge in [0.25, 0.3) is 5.91 Å². The van der Waals surface area contributed by atoms with Gasteiger partial charge in [-0.25, -0.2) is 4.98 Å². The van der Waals surface area contributed by atoms with Gasteiger partial charge >= 0.3 is 0 Å². The molecule has 0 atom stereocenters. The van der Waals surface area contributed by atoms with Crippen LogP contribution in [0.15, 0.2) is 36.7 Å². The maximum absolute atomic E-state index is 12.5. The number of carbonyl (C=O) groups excluding carboxylic acids is 1. The van der Waals surface area contributed by atoms with Crippen LogP contribution in [-0.2, 0) is 0 Å². The Balaban J connectivity index is 1.36. The summed E-state index contributed by atoms with van der Waals surface area (Å²) in [7, 11) is 0. The third-order valence-corrected chi connectivity index (χ3v) is 5.92. The summed E-state index contributed by atoms with van der Waals surface area (Å²) in [5.74, 6) is 0.935. The van der Waals surface area contributed by atoms with Gasteiger partial charge < -0.3 is 15.1 Å². The first-order valence-corrected chi connectivity index (χ1v) is 11.0. The van der Waals surface area contributed by atoms with Gasteiger partial charge in [-0.05, 0) is 50.9 Å². The highest BCUT2D eigenvalue weighted by Crippen LogP contribution is 2.29. The van der Waals surface area contributed by atoms with E-state index in [4.69, 9.17) is 0 Å². The minimum atomic E-state index is -0.00900. The van der Waals surface area contributed by atoms with Crippen LogP contribution in [0.3, 0.4) is 0 Å². The van der Waals surface area contributed by atoms with Crippen LogP contribution >= 0.6 is 0 Å². The second kappa shape index (κ2) is 9.83. The van der Waals surface area contributed by atoms with Crippen molar-refractivity contribution in [3.63, 3.8) is 0 Å². The van der Waals surface area contributed by atoms with E-state index < -0.39 is 0 Å². The lowest BCUT2D eigenvalue weighted by Gasteiger charge is -2.20. The minimum Gasteiger partial charge on any atom is -0.355 e. The highest BCUT2D eigenvalue weighted by Gasteiger charge is 2.19. The Morgan fingerprint density at radius 3 is 2.24 bits per heavy atom. The van der Waals surface area contributed by atoms with Gasteiger partial charge in [-0.3, -0.25) is 9.78 Å². The minimum absolute atomic E-state index is 0.00900. The summed E-state index contributed by atoms with van der Waals surface area (Å²) < 4.78 is 0. The lowest BCUT2D eigenvalue weighted by atomic mass is 10.1. The average Bonchev–Trinajstić information content (AvgIpc) is 3.18. The molecule has 1 N–H and O–H groups in total. The molecule has 2 aliphatic rings. The van der Waals surface area contributed by atoms with Gasteiger partial charge in [-0.2, -0.15) is 0 Å². The van der Waals surface area contributed by atoms with Crippen molar-refractivity contribution in [2.45, 2.75) is 38.5 Å². The van der Waals surface area contributed by atoms with Crippen molar-refractivity contribution < 1.29 is 4.79 Å². The van der Waals surface area contributed by atoms with Crippen molar-refractivity contribution in [3.8, 4) is 11.3 Å². The molecule has 0 saturated carbocycles. The van der Waals surface area contributed by atoms with Gasteiger partial charge in [0.1, 0.15) is 5.69 Å². The Labute approximate surface area is 173 Å². The zero-order valence-corrected chi connectivity index (χ0v) is 17.1. The number of hydrogen-bond donors (Lipinski definition) is 1. The zero-order chi connectivity index (χ0) is 19.9. The predicted molar refractivity (Wildman–Crippen MR) is 116 cm³/mol. The molecule has 6 nitrogen and oxygen atoms in total. The van der Waals surface area contributed by atoms with Crippen LogP contribution in [0.4, 0.5) is 5.82 Å². The van der Waals surface area contributed by atoms with Crippen molar-refractivity contribution in [2.24, 2.45) is 0 Å². The molecule has 6 heteroatoms. The smallest absolute Gasteiger partial charge is 0.251 e. The SMILES string of the molecule is O=C(NCCN1CCCCCC1)c1ccc(-c2nccnc2N2CCCC2)cc1. The number of rotatable bonds is 6. The lowest BCUT2D eigenvalue weighted by Crippen LogP contribution is -2.35. The second-order valence-corrected chi connectivity index (χ2v) is 8.01. The normalized spacial score (nSPS) is 17.9. The predicted octanol–water partition coefficient (Wildman–Crippen LogP) is 3.35. The lowest BCUT2D eigenvalue weighted by molar-refractivity contribution is 0.0948. The highest BCUT2D eigenvalue weighted by atomic mass is 16.1. The van der Waals surface area contributed by atoms with E-state index in [-0.39, 0.29) is 5.91 Å². The molecular weight excluding hydrogens is 362 g/mol. The summed E-state index contributed by atoms with van der Waals surface area (Å²) in [6.45, 7) is 6.00. The fraction of sp³-hybridized carbons (Fsp3) is 0.522. The van der Waals surface area contributed by atoms with E-state index in [1.165, 1.54) is 38.5 Å². The summed E-state index contributed by atoms with van der Waals surface area (Å²) in [5.41, 5.74) is 2.58. The summed E-state index contributed by atoms with van der Waals surface area (Å²) in [6.07, 6.45) is 11.1. The summed E-state index contributed by atoms with van der Waals surface area (Å²) in [6, 6.07) is 7.73. The van der Waals surface area contributed by atoms with Crippen LogP contribution in [0.2, 0.25) is 0 Å². The van der Waals surface area contributed by atoms with Crippen LogP contribution in [-0.4, -0.2) is 60.0 Å². The molecule has 2 aromatic rings. The summed E-state index contributed by atoms with van der Waals surface area (Å²) in [5, 5.41) is 3.07. The number of amides is 1. The number of nitrogens with one attached hydrogen (secondary N) is 1. The molecule has 29 heavy (non-hydrogen) atoms. The van der Waals surface area contributed by atoms with Crippen molar-refractivity contribution in [3.05, 3.63) is 42.2 Å². The topological polar surface area (TPSA) is 61.4 Å². The molecule has 2 saturated heterocycles. The van der Waals surface area contributed by atoms with Crippen LogP contribution < -0.4 is 10.2 Å². The van der Waals surface area contributed by atoms with E-state index in [0.29, 0.717) is 12.1 Å². The monoisotopic (exact) mass is 393 g/mol. The largest absolute Gasteiger partial charge is 0.355 e. The molecular formula is C23H31N5O. The average molecular weight is 394 g/mol. The maximum Gasteiger partial charge on any atom is 0.251 e. The second-order valence-electron chi connectivity index (χ2n) is 8.01. The molecule has 1 amide bonds. The molecule has 1 aromatic heterocycles. The molecule has 2 fully saturated rings. The third-order valence-electron chi connectivity index (χ3n) is 5.92. The van der Waals surface area contributed by atoms with Crippen molar-refractivity contribution >= 4 is 11.7 Å². The Hall–Kier alpha value is -2.47. The van der Waals surface area contributed by atoms with Gasteiger partial charge in [0.05, 0.1) is 0 Å². The molecule has 0 unspecified atom stereocenters. The number of benzene rings is 1. The van der Waals surface area contributed by atoms with Crippen LogP contribution in [0, 0.1) is 0 Å². The number of aromatic nitrogens is 2. The van der Waals surface area contributed by atoms with Crippen molar-refractivity contribution in [2.75, 3.05) is 44.2 Å². The van der Waals surface area contributed by atoms with E-state index >= 15 is 0 Å².